The Hall–Kier alpha value is -2.89. The Balaban J connectivity index is 2.08. The van der Waals surface area contributed by atoms with Gasteiger partial charge in [-0.25, -0.2) is 0 Å². The number of fused-ring (bicyclic) bond motifs is 1. The first kappa shape index (κ1) is 19.9. The summed E-state index contributed by atoms with van der Waals surface area (Å²) >= 11 is 0. The lowest BCUT2D eigenvalue weighted by Gasteiger charge is -2.36. The Morgan fingerprint density at radius 3 is 2.18 bits per heavy atom. The van der Waals surface area contributed by atoms with Gasteiger partial charge in [-0.15, -0.1) is 0 Å². The number of hydrogen-bond donors (Lipinski definition) is 1. The van der Waals surface area contributed by atoms with Gasteiger partial charge >= 0.3 is 0 Å². The van der Waals surface area contributed by atoms with Gasteiger partial charge in [-0.3, -0.25) is 4.79 Å². The lowest BCUT2D eigenvalue weighted by Crippen LogP contribution is -2.44. The van der Waals surface area contributed by atoms with Crippen molar-refractivity contribution in [1.82, 2.24) is 0 Å². The molecule has 28 heavy (non-hydrogen) atoms. The topological polar surface area (TPSA) is 60.0 Å². The number of nitrogens with zero attached hydrogens (tertiary/aromatic N) is 1. The molecule has 2 aromatic rings. The van der Waals surface area contributed by atoms with E-state index in [2.05, 4.69) is 38.2 Å². The first-order valence-electron chi connectivity index (χ1n) is 9.43. The number of carbonyl (C=O) groups is 1. The lowest BCUT2D eigenvalue weighted by molar-refractivity contribution is 0.0984. The summed E-state index contributed by atoms with van der Waals surface area (Å²) in [7, 11) is 4.64. The van der Waals surface area contributed by atoms with Crippen molar-refractivity contribution in [1.29, 1.82) is 0 Å². The standard InChI is InChI=1S/C22H28N2O4/c1-7-16-12-24(18-9-14(3)13(2)8-17(18)23-16)22(25)15-10-19(26-4)21(28-6)20(11-15)27-5/h8-11,16,23H,7,12H2,1-6H3. The number of amides is 1. The third-order valence-electron chi connectivity index (χ3n) is 5.32. The molecule has 1 N–H and O–H groups in total. The predicted molar refractivity (Wildman–Crippen MR) is 111 cm³/mol. The third kappa shape index (κ3) is 3.46. The fraction of sp³-hybridized carbons (Fsp3) is 0.409. The first-order chi connectivity index (χ1) is 13.4. The van der Waals surface area contributed by atoms with Gasteiger partial charge < -0.3 is 24.4 Å². The maximum absolute atomic E-state index is 13.5. The molecule has 1 aliphatic rings. The van der Waals surface area contributed by atoms with E-state index in [0.29, 0.717) is 29.4 Å². The van der Waals surface area contributed by atoms with Crippen molar-refractivity contribution in [2.45, 2.75) is 33.2 Å². The Bertz CT molecular complexity index is 869. The highest BCUT2D eigenvalue weighted by molar-refractivity contribution is 6.09. The van der Waals surface area contributed by atoms with Gasteiger partial charge in [-0.2, -0.15) is 0 Å². The molecular weight excluding hydrogens is 356 g/mol. The summed E-state index contributed by atoms with van der Waals surface area (Å²) in [4.78, 5) is 15.3. The van der Waals surface area contributed by atoms with Gasteiger partial charge in [0.05, 0.1) is 32.7 Å². The smallest absolute Gasteiger partial charge is 0.258 e. The molecule has 2 aromatic carbocycles. The minimum absolute atomic E-state index is 0.0938. The fourth-order valence-corrected chi connectivity index (χ4v) is 3.51. The van der Waals surface area contributed by atoms with Crippen LogP contribution in [0.2, 0.25) is 0 Å². The number of methoxy groups -OCH3 is 3. The van der Waals surface area contributed by atoms with Crippen LogP contribution in [0, 0.1) is 13.8 Å². The number of nitrogens with one attached hydrogen (secondary N) is 1. The predicted octanol–water partition coefficient (Wildman–Crippen LogP) is 4.18. The zero-order valence-corrected chi connectivity index (χ0v) is 17.4. The van der Waals surface area contributed by atoms with Gasteiger partial charge in [0, 0.05) is 18.2 Å². The van der Waals surface area contributed by atoms with Crippen LogP contribution in [-0.4, -0.2) is 39.8 Å². The molecule has 0 saturated heterocycles. The Kier molecular flexibility index (Phi) is 5.68. The molecule has 1 heterocycles. The minimum Gasteiger partial charge on any atom is -0.493 e. The number of benzene rings is 2. The summed E-state index contributed by atoms with van der Waals surface area (Å²) in [5, 5.41) is 3.55. The van der Waals surface area contributed by atoms with Crippen molar-refractivity contribution < 1.29 is 19.0 Å². The van der Waals surface area contributed by atoms with Crippen LogP contribution < -0.4 is 24.4 Å². The molecule has 1 aliphatic heterocycles. The van der Waals surface area contributed by atoms with E-state index in [1.807, 2.05) is 4.90 Å². The van der Waals surface area contributed by atoms with Gasteiger partial charge in [0.25, 0.3) is 5.91 Å². The fourth-order valence-electron chi connectivity index (χ4n) is 3.51. The van der Waals surface area contributed by atoms with Crippen LogP contribution in [0.3, 0.4) is 0 Å². The maximum Gasteiger partial charge on any atom is 0.258 e. The average molecular weight is 384 g/mol. The molecule has 150 valence electrons. The number of rotatable bonds is 5. The summed E-state index contributed by atoms with van der Waals surface area (Å²) in [5.41, 5.74) is 4.73. The number of hydrogen-bond acceptors (Lipinski definition) is 5. The number of aryl methyl sites for hydroxylation is 2. The van der Waals surface area contributed by atoms with Gasteiger partial charge in [-0.05, 0) is 55.7 Å². The normalized spacial score (nSPS) is 15.5. The monoisotopic (exact) mass is 384 g/mol. The van der Waals surface area contributed by atoms with E-state index in [9.17, 15) is 4.79 Å². The molecule has 3 rings (SSSR count). The second kappa shape index (κ2) is 8.00. The third-order valence-corrected chi connectivity index (χ3v) is 5.32. The van der Waals surface area contributed by atoms with Crippen molar-refractivity contribution in [2.24, 2.45) is 0 Å². The SMILES string of the molecule is CCC1CN(C(=O)c2cc(OC)c(OC)c(OC)c2)c2cc(C)c(C)cc2N1. The largest absolute Gasteiger partial charge is 0.493 e. The lowest BCUT2D eigenvalue weighted by atomic mass is 10.0. The summed E-state index contributed by atoms with van der Waals surface area (Å²) in [6.07, 6.45) is 0.922. The van der Waals surface area contributed by atoms with Crippen LogP contribution in [-0.2, 0) is 0 Å². The van der Waals surface area contributed by atoms with Crippen molar-refractivity contribution in [3.05, 3.63) is 41.0 Å². The molecule has 0 spiro atoms. The molecule has 6 nitrogen and oxygen atoms in total. The van der Waals surface area contributed by atoms with Gasteiger partial charge in [-0.1, -0.05) is 6.92 Å². The highest BCUT2D eigenvalue weighted by atomic mass is 16.5. The van der Waals surface area contributed by atoms with E-state index >= 15 is 0 Å². The summed E-state index contributed by atoms with van der Waals surface area (Å²) < 4.78 is 16.2. The van der Waals surface area contributed by atoms with Gasteiger partial charge in [0.15, 0.2) is 11.5 Å². The first-order valence-corrected chi connectivity index (χ1v) is 9.43. The summed E-state index contributed by atoms with van der Waals surface area (Å²) in [5.74, 6) is 1.31. The van der Waals surface area contributed by atoms with E-state index in [4.69, 9.17) is 14.2 Å². The van der Waals surface area contributed by atoms with E-state index in [1.165, 1.54) is 5.56 Å². The second-order valence-corrected chi connectivity index (χ2v) is 7.03. The van der Waals surface area contributed by atoms with E-state index in [0.717, 1.165) is 23.4 Å². The Morgan fingerprint density at radius 2 is 1.64 bits per heavy atom. The molecule has 0 aromatic heterocycles. The summed E-state index contributed by atoms with van der Waals surface area (Å²) in [6, 6.07) is 7.78. The minimum atomic E-state index is -0.0938. The van der Waals surface area contributed by atoms with Crippen molar-refractivity contribution in [3.8, 4) is 17.2 Å². The molecule has 0 aliphatic carbocycles. The van der Waals surface area contributed by atoms with E-state index in [1.54, 1.807) is 33.5 Å². The number of anilines is 2. The molecule has 0 saturated carbocycles. The van der Waals surface area contributed by atoms with Crippen LogP contribution in [0.1, 0.15) is 34.8 Å². The average Bonchev–Trinajstić information content (AvgIpc) is 2.72. The highest BCUT2D eigenvalue weighted by Gasteiger charge is 2.30. The van der Waals surface area contributed by atoms with Crippen LogP contribution in [0.4, 0.5) is 11.4 Å². The molecule has 1 amide bonds. The Labute approximate surface area is 166 Å². The quantitative estimate of drug-likeness (QED) is 0.838. The number of ether oxygens (including phenoxy) is 3. The van der Waals surface area contributed by atoms with Crippen LogP contribution in [0.15, 0.2) is 24.3 Å². The van der Waals surface area contributed by atoms with Crippen molar-refractivity contribution >= 4 is 17.3 Å². The molecule has 1 unspecified atom stereocenters. The zero-order valence-electron chi connectivity index (χ0n) is 17.4. The van der Waals surface area contributed by atoms with E-state index < -0.39 is 0 Å². The second-order valence-electron chi connectivity index (χ2n) is 7.03. The molecule has 0 bridgehead atoms. The zero-order chi connectivity index (χ0) is 20.4. The summed E-state index contributed by atoms with van der Waals surface area (Å²) in [6.45, 7) is 6.86. The number of carbonyl (C=O) groups excluding carboxylic acids is 1. The molecule has 1 atom stereocenters. The van der Waals surface area contributed by atoms with Crippen LogP contribution in [0.25, 0.3) is 0 Å². The Morgan fingerprint density at radius 1 is 1.04 bits per heavy atom. The van der Waals surface area contributed by atoms with Crippen LogP contribution in [0.5, 0.6) is 17.2 Å². The van der Waals surface area contributed by atoms with Crippen molar-refractivity contribution in [2.75, 3.05) is 38.1 Å². The van der Waals surface area contributed by atoms with Gasteiger partial charge in [0.1, 0.15) is 0 Å². The highest BCUT2D eigenvalue weighted by Crippen LogP contribution is 2.40. The maximum atomic E-state index is 13.5. The molecular formula is C22H28N2O4. The van der Waals surface area contributed by atoms with Gasteiger partial charge in [0.2, 0.25) is 5.75 Å². The van der Waals surface area contributed by atoms with Crippen molar-refractivity contribution in [3.63, 3.8) is 0 Å². The molecule has 6 heteroatoms. The molecule has 0 fully saturated rings. The molecule has 0 radical (unpaired) electrons. The van der Waals surface area contributed by atoms with Crippen LogP contribution >= 0.6 is 0 Å². The van der Waals surface area contributed by atoms with E-state index in [-0.39, 0.29) is 11.9 Å².